The minimum atomic E-state index is -0.0137. The second-order valence-electron chi connectivity index (χ2n) is 5.95. The molecule has 0 unspecified atom stereocenters. The van der Waals surface area contributed by atoms with Gasteiger partial charge in [0, 0.05) is 39.1 Å². The van der Waals surface area contributed by atoms with Crippen molar-refractivity contribution in [2.45, 2.75) is 39.3 Å². The van der Waals surface area contributed by atoms with Crippen LogP contribution in [0.5, 0.6) is 0 Å². The number of carbonyl (C=O) groups excluding carboxylic acids is 1. The fourth-order valence-electron chi connectivity index (χ4n) is 2.64. The van der Waals surface area contributed by atoms with Gasteiger partial charge in [0.15, 0.2) is 0 Å². The molecule has 6 heteroatoms. The number of methoxy groups -OCH3 is 1. The zero-order valence-electron chi connectivity index (χ0n) is 13.0. The van der Waals surface area contributed by atoms with Crippen LogP contribution < -0.4 is 5.32 Å². The van der Waals surface area contributed by atoms with Crippen molar-refractivity contribution in [3.8, 4) is 0 Å². The lowest BCUT2D eigenvalue weighted by Crippen LogP contribution is -2.36. The van der Waals surface area contributed by atoms with Crippen LogP contribution in [0.4, 0.5) is 5.95 Å². The van der Waals surface area contributed by atoms with Crippen molar-refractivity contribution in [1.29, 1.82) is 0 Å². The van der Waals surface area contributed by atoms with Gasteiger partial charge in [0.2, 0.25) is 11.9 Å². The molecule has 1 aliphatic heterocycles. The Morgan fingerprint density at radius 3 is 3.14 bits per heavy atom. The van der Waals surface area contributed by atoms with Gasteiger partial charge < -0.3 is 14.0 Å². The number of rotatable bonds is 6. The van der Waals surface area contributed by atoms with E-state index in [1.54, 1.807) is 13.3 Å². The number of ether oxygens (including phenoxy) is 2. The SMILES string of the molecule is CO[C@@H]1COCC[C@@H]1CC(=O)Nc1nccn1CC(C)C. The second kappa shape index (κ2) is 7.56. The highest BCUT2D eigenvalue weighted by Crippen LogP contribution is 2.22. The molecule has 2 atom stereocenters. The van der Waals surface area contributed by atoms with Crippen LogP contribution in [0.3, 0.4) is 0 Å². The number of nitrogens with one attached hydrogen (secondary N) is 1. The monoisotopic (exact) mass is 295 g/mol. The van der Waals surface area contributed by atoms with Gasteiger partial charge in [-0.3, -0.25) is 10.1 Å². The van der Waals surface area contributed by atoms with E-state index in [0.29, 0.717) is 31.5 Å². The van der Waals surface area contributed by atoms with Crippen LogP contribution in [0.15, 0.2) is 12.4 Å². The van der Waals surface area contributed by atoms with Crippen LogP contribution in [0, 0.1) is 11.8 Å². The topological polar surface area (TPSA) is 65.4 Å². The molecule has 1 fully saturated rings. The Bertz CT molecular complexity index is 459. The molecule has 1 amide bonds. The van der Waals surface area contributed by atoms with Crippen molar-refractivity contribution in [2.75, 3.05) is 25.6 Å². The third-order valence-corrected chi connectivity index (χ3v) is 3.72. The van der Waals surface area contributed by atoms with E-state index < -0.39 is 0 Å². The van der Waals surface area contributed by atoms with Crippen molar-refractivity contribution in [2.24, 2.45) is 11.8 Å². The van der Waals surface area contributed by atoms with E-state index >= 15 is 0 Å². The smallest absolute Gasteiger partial charge is 0.227 e. The van der Waals surface area contributed by atoms with E-state index in [1.807, 2.05) is 10.8 Å². The molecule has 118 valence electrons. The fourth-order valence-corrected chi connectivity index (χ4v) is 2.64. The Morgan fingerprint density at radius 1 is 1.62 bits per heavy atom. The van der Waals surface area contributed by atoms with Gasteiger partial charge in [-0.15, -0.1) is 0 Å². The van der Waals surface area contributed by atoms with Gasteiger partial charge in [0.05, 0.1) is 12.7 Å². The van der Waals surface area contributed by atoms with Gasteiger partial charge >= 0.3 is 0 Å². The maximum absolute atomic E-state index is 12.2. The van der Waals surface area contributed by atoms with Crippen LogP contribution in [0.25, 0.3) is 0 Å². The quantitative estimate of drug-likeness (QED) is 0.871. The van der Waals surface area contributed by atoms with Crippen molar-refractivity contribution in [3.63, 3.8) is 0 Å². The molecule has 0 bridgehead atoms. The lowest BCUT2D eigenvalue weighted by atomic mass is 9.93. The molecule has 1 aromatic rings. The largest absolute Gasteiger partial charge is 0.379 e. The number of anilines is 1. The summed E-state index contributed by atoms with van der Waals surface area (Å²) in [5.41, 5.74) is 0. The van der Waals surface area contributed by atoms with Gasteiger partial charge in [0.25, 0.3) is 0 Å². The van der Waals surface area contributed by atoms with E-state index in [-0.39, 0.29) is 17.9 Å². The molecule has 1 aromatic heterocycles. The maximum atomic E-state index is 12.2. The fraction of sp³-hybridized carbons (Fsp3) is 0.733. The van der Waals surface area contributed by atoms with Crippen molar-refractivity contribution in [3.05, 3.63) is 12.4 Å². The predicted octanol–water partition coefficient (Wildman–Crippen LogP) is 1.92. The summed E-state index contributed by atoms with van der Waals surface area (Å²) in [5.74, 6) is 1.32. The number of nitrogens with zero attached hydrogens (tertiary/aromatic N) is 2. The molecular weight excluding hydrogens is 270 g/mol. The van der Waals surface area contributed by atoms with Gasteiger partial charge in [-0.1, -0.05) is 13.8 Å². The summed E-state index contributed by atoms with van der Waals surface area (Å²) < 4.78 is 12.7. The Kier molecular flexibility index (Phi) is 5.76. The third kappa shape index (κ3) is 4.54. The highest BCUT2D eigenvalue weighted by molar-refractivity contribution is 5.89. The molecule has 21 heavy (non-hydrogen) atoms. The van der Waals surface area contributed by atoms with E-state index in [1.165, 1.54) is 0 Å². The lowest BCUT2D eigenvalue weighted by Gasteiger charge is -2.29. The Balaban J connectivity index is 1.90. The van der Waals surface area contributed by atoms with Crippen molar-refractivity contribution < 1.29 is 14.3 Å². The highest BCUT2D eigenvalue weighted by Gasteiger charge is 2.28. The first-order valence-corrected chi connectivity index (χ1v) is 7.51. The van der Waals surface area contributed by atoms with Gasteiger partial charge in [0.1, 0.15) is 0 Å². The number of carbonyl (C=O) groups is 1. The summed E-state index contributed by atoms with van der Waals surface area (Å²) in [5, 5.41) is 2.90. The number of hydrogen-bond acceptors (Lipinski definition) is 4. The Morgan fingerprint density at radius 2 is 2.43 bits per heavy atom. The second-order valence-corrected chi connectivity index (χ2v) is 5.95. The molecule has 1 saturated heterocycles. The summed E-state index contributed by atoms with van der Waals surface area (Å²) in [6, 6.07) is 0. The summed E-state index contributed by atoms with van der Waals surface area (Å²) in [4.78, 5) is 16.4. The average Bonchev–Trinajstić information content (AvgIpc) is 2.85. The van der Waals surface area contributed by atoms with Crippen LogP contribution in [-0.2, 0) is 20.8 Å². The number of imidazole rings is 1. The third-order valence-electron chi connectivity index (χ3n) is 3.72. The summed E-state index contributed by atoms with van der Waals surface area (Å²) >= 11 is 0. The van der Waals surface area contributed by atoms with E-state index in [4.69, 9.17) is 9.47 Å². The average molecular weight is 295 g/mol. The van der Waals surface area contributed by atoms with Crippen molar-refractivity contribution >= 4 is 11.9 Å². The molecule has 1 aliphatic rings. The molecule has 0 radical (unpaired) electrons. The number of aromatic nitrogens is 2. The molecule has 0 aromatic carbocycles. The normalized spacial score (nSPS) is 22.5. The van der Waals surface area contributed by atoms with Gasteiger partial charge in [-0.2, -0.15) is 0 Å². The minimum Gasteiger partial charge on any atom is -0.379 e. The van der Waals surface area contributed by atoms with Crippen molar-refractivity contribution in [1.82, 2.24) is 9.55 Å². The van der Waals surface area contributed by atoms with Crippen LogP contribution >= 0.6 is 0 Å². The molecule has 2 rings (SSSR count). The Hall–Kier alpha value is -1.40. The molecule has 0 aliphatic carbocycles. The summed E-state index contributed by atoms with van der Waals surface area (Å²) in [6.45, 7) is 6.37. The zero-order chi connectivity index (χ0) is 15.2. The van der Waals surface area contributed by atoms with E-state index in [0.717, 1.165) is 13.0 Å². The first kappa shape index (κ1) is 16.0. The first-order valence-electron chi connectivity index (χ1n) is 7.51. The molecule has 0 spiro atoms. The maximum Gasteiger partial charge on any atom is 0.227 e. The summed E-state index contributed by atoms with van der Waals surface area (Å²) in [7, 11) is 1.67. The van der Waals surface area contributed by atoms with Crippen LogP contribution in [0.1, 0.15) is 26.7 Å². The predicted molar refractivity (Wildman–Crippen MR) is 80.0 cm³/mol. The Labute approximate surface area is 125 Å². The number of amides is 1. The van der Waals surface area contributed by atoms with Gasteiger partial charge in [-0.05, 0) is 18.3 Å². The first-order chi connectivity index (χ1) is 10.1. The standard InChI is InChI=1S/C15H25N3O3/c1-11(2)9-18-6-5-16-15(18)17-14(19)8-12-4-7-21-10-13(12)20-3/h5-6,11-13H,4,7-10H2,1-3H3,(H,16,17,19)/t12-,13-/m1/s1. The molecular formula is C15H25N3O3. The van der Waals surface area contributed by atoms with E-state index in [9.17, 15) is 4.79 Å². The van der Waals surface area contributed by atoms with Gasteiger partial charge in [-0.25, -0.2) is 4.98 Å². The summed E-state index contributed by atoms with van der Waals surface area (Å²) in [6.07, 6.45) is 4.90. The molecule has 1 N–H and O–H groups in total. The lowest BCUT2D eigenvalue weighted by molar-refractivity contribution is -0.121. The molecule has 6 nitrogen and oxygen atoms in total. The minimum absolute atomic E-state index is 0.0000843. The van der Waals surface area contributed by atoms with Crippen LogP contribution in [0.2, 0.25) is 0 Å². The zero-order valence-corrected chi connectivity index (χ0v) is 13.0. The van der Waals surface area contributed by atoms with E-state index in [2.05, 4.69) is 24.1 Å². The molecule has 0 saturated carbocycles. The highest BCUT2D eigenvalue weighted by atomic mass is 16.5. The molecule has 2 heterocycles. The van der Waals surface area contributed by atoms with Crippen LogP contribution in [-0.4, -0.2) is 41.9 Å². The number of hydrogen-bond donors (Lipinski definition) is 1.